The topological polar surface area (TPSA) is 59.9 Å². The summed E-state index contributed by atoms with van der Waals surface area (Å²) in [4.78, 5) is 14.5. The van der Waals surface area contributed by atoms with E-state index in [1.54, 1.807) is 7.11 Å². The van der Waals surface area contributed by atoms with E-state index in [0.717, 1.165) is 11.3 Å². The van der Waals surface area contributed by atoms with Gasteiger partial charge >= 0.3 is 5.69 Å². The predicted octanol–water partition coefficient (Wildman–Crippen LogP) is 1.75. The van der Waals surface area contributed by atoms with E-state index in [9.17, 15) is 4.79 Å². The van der Waals surface area contributed by atoms with Crippen LogP contribution in [-0.4, -0.2) is 21.9 Å². The highest BCUT2D eigenvalue weighted by atomic mass is 16.5. The Labute approximate surface area is 105 Å². The number of hydrogen-bond donors (Lipinski definition) is 1. The number of aromatic amines is 1. The van der Waals surface area contributed by atoms with Gasteiger partial charge in [-0.05, 0) is 17.7 Å². The number of nitrogens with one attached hydrogen (secondary N) is 1. The number of H-pyrrole nitrogens is 1. The molecule has 0 saturated heterocycles. The van der Waals surface area contributed by atoms with Crippen LogP contribution < -0.4 is 10.4 Å². The van der Waals surface area contributed by atoms with Crippen molar-refractivity contribution >= 4 is 0 Å². The summed E-state index contributed by atoms with van der Waals surface area (Å²) < 4.78 is 6.53. The SMILES string of the molecule is COc1ccc(Cn2nc(C(C)C)[nH]c2=O)cc1. The van der Waals surface area contributed by atoms with Crippen molar-refractivity contribution in [1.82, 2.24) is 14.8 Å². The van der Waals surface area contributed by atoms with Crippen LogP contribution in [0.1, 0.15) is 31.2 Å². The molecule has 0 bridgehead atoms. The van der Waals surface area contributed by atoms with Crippen LogP contribution in [-0.2, 0) is 6.54 Å². The van der Waals surface area contributed by atoms with Crippen LogP contribution in [0.15, 0.2) is 29.1 Å². The monoisotopic (exact) mass is 247 g/mol. The minimum Gasteiger partial charge on any atom is -0.497 e. The molecule has 1 N–H and O–H groups in total. The lowest BCUT2D eigenvalue weighted by Crippen LogP contribution is -2.18. The van der Waals surface area contributed by atoms with E-state index in [1.165, 1.54) is 4.68 Å². The molecule has 0 fully saturated rings. The van der Waals surface area contributed by atoms with E-state index in [1.807, 2.05) is 38.1 Å². The van der Waals surface area contributed by atoms with Crippen LogP contribution >= 0.6 is 0 Å². The molecule has 2 aromatic rings. The molecule has 0 atom stereocenters. The van der Waals surface area contributed by atoms with Crippen molar-refractivity contribution < 1.29 is 4.74 Å². The maximum absolute atomic E-state index is 11.7. The van der Waals surface area contributed by atoms with Crippen molar-refractivity contribution in [1.29, 1.82) is 0 Å². The van der Waals surface area contributed by atoms with Gasteiger partial charge in [-0.1, -0.05) is 26.0 Å². The first-order chi connectivity index (χ1) is 8.60. The number of rotatable bonds is 4. The molecule has 1 aromatic heterocycles. The Morgan fingerprint density at radius 1 is 1.33 bits per heavy atom. The van der Waals surface area contributed by atoms with E-state index in [4.69, 9.17) is 4.74 Å². The summed E-state index contributed by atoms with van der Waals surface area (Å²) in [6.45, 7) is 4.46. The molecule has 0 saturated carbocycles. The van der Waals surface area contributed by atoms with Crippen LogP contribution in [0, 0.1) is 0 Å². The number of nitrogens with zero attached hydrogens (tertiary/aromatic N) is 2. The first kappa shape index (κ1) is 12.4. The molecular formula is C13H17N3O2. The zero-order valence-corrected chi connectivity index (χ0v) is 10.8. The molecule has 1 aromatic carbocycles. The van der Waals surface area contributed by atoms with Crippen molar-refractivity contribution in [2.75, 3.05) is 7.11 Å². The quantitative estimate of drug-likeness (QED) is 0.895. The minimum absolute atomic E-state index is 0.172. The van der Waals surface area contributed by atoms with Crippen molar-refractivity contribution in [2.45, 2.75) is 26.3 Å². The number of aromatic nitrogens is 3. The Morgan fingerprint density at radius 3 is 2.50 bits per heavy atom. The molecule has 0 amide bonds. The third-order valence-electron chi connectivity index (χ3n) is 2.74. The second kappa shape index (κ2) is 5.08. The second-order valence-electron chi connectivity index (χ2n) is 4.48. The molecule has 2 rings (SSSR count). The van der Waals surface area contributed by atoms with Gasteiger partial charge in [0.2, 0.25) is 0 Å². The summed E-state index contributed by atoms with van der Waals surface area (Å²) in [6.07, 6.45) is 0. The van der Waals surface area contributed by atoms with Gasteiger partial charge < -0.3 is 4.74 Å². The molecule has 0 spiro atoms. The highest BCUT2D eigenvalue weighted by Crippen LogP contribution is 2.12. The largest absolute Gasteiger partial charge is 0.497 e. The molecule has 0 aliphatic carbocycles. The number of ether oxygens (including phenoxy) is 1. The van der Waals surface area contributed by atoms with Gasteiger partial charge in [-0.25, -0.2) is 9.48 Å². The third-order valence-corrected chi connectivity index (χ3v) is 2.74. The fraction of sp³-hybridized carbons (Fsp3) is 0.385. The van der Waals surface area contributed by atoms with E-state index < -0.39 is 0 Å². The van der Waals surface area contributed by atoms with Gasteiger partial charge in [0, 0.05) is 5.92 Å². The Kier molecular flexibility index (Phi) is 3.50. The van der Waals surface area contributed by atoms with E-state index >= 15 is 0 Å². The van der Waals surface area contributed by atoms with Gasteiger partial charge in [-0.2, -0.15) is 5.10 Å². The zero-order chi connectivity index (χ0) is 13.1. The first-order valence-electron chi connectivity index (χ1n) is 5.90. The molecule has 0 unspecified atom stereocenters. The van der Waals surface area contributed by atoms with Gasteiger partial charge in [0.15, 0.2) is 0 Å². The Bertz CT molecular complexity index is 567. The zero-order valence-electron chi connectivity index (χ0n) is 10.8. The molecule has 96 valence electrons. The lowest BCUT2D eigenvalue weighted by atomic mass is 10.2. The van der Waals surface area contributed by atoms with Gasteiger partial charge in [0.25, 0.3) is 0 Å². The van der Waals surface area contributed by atoms with Crippen molar-refractivity contribution in [2.24, 2.45) is 0 Å². The standard InChI is InChI=1S/C13H17N3O2/c1-9(2)12-14-13(17)16(15-12)8-10-4-6-11(18-3)7-5-10/h4-7,9H,8H2,1-3H3,(H,14,15,17). The van der Waals surface area contributed by atoms with Gasteiger partial charge in [0.05, 0.1) is 13.7 Å². The highest BCUT2D eigenvalue weighted by molar-refractivity contribution is 5.27. The van der Waals surface area contributed by atoms with Crippen molar-refractivity contribution in [3.05, 3.63) is 46.1 Å². The molecule has 0 aliphatic rings. The summed E-state index contributed by atoms with van der Waals surface area (Å²) in [5.74, 6) is 1.74. The predicted molar refractivity (Wildman–Crippen MR) is 69.0 cm³/mol. The first-order valence-corrected chi connectivity index (χ1v) is 5.90. The van der Waals surface area contributed by atoms with Gasteiger partial charge in [-0.3, -0.25) is 4.98 Å². The smallest absolute Gasteiger partial charge is 0.343 e. The van der Waals surface area contributed by atoms with E-state index in [0.29, 0.717) is 12.4 Å². The van der Waals surface area contributed by atoms with Crippen LogP contribution in [0.2, 0.25) is 0 Å². The molecule has 1 heterocycles. The van der Waals surface area contributed by atoms with Crippen molar-refractivity contribution in [3.63, 3.8) is 0 Å². The summed E-state index contributed by atoms with van der Waals surface area (Å²) in [5.41, 5.74) is 0.842. The molecular weight excluding hydrogens is 230 g/mol. The van der Waals surface area contributed by atoms with Crippen molar-refractivity contribution in [3.8, 4) is 5.75 Å². The summed E-state index contributed by atoms with van der Waals surface area (Å²) in [6, 6.07) is 7.59. The van der Waals surface area contributed by atoms with Crippen LogP contribution in [0.25, 0.3) is 0 Å². The molecule has 5 nitrogen and oxygen atoms in total. The summed E-state index contributed by atoms with van der Waals surface area (Å²) in [5, 5.41) is 4.26. The minimum atomic E-state index is -0.172. The normalized spacial score (nSPS) is 10.9. The van der Waals surface area contributed by atoms with Crippen LogP contribution in [0.3, 0.4) is 0 Å². The molecule has 0 aliphatic heterocycles. The maximum Gasteiger partial charge on any atom is 0.343 e. The number of hydrogen-bond acceptors (Lipinski definition) is 3. The average molecular weight is 247 g/mol. The van der Waals surface area contributed by atoms with Gasteiger partial charge in [0.1, 0.15) is 11.6 Å². The Morgan fingerprint density at radius 2 is 2.00 bits per heavy atom. The average Bonchev–Trinajstić information content (AvgIpc) is 2.72. The Hall–Kier alpha value is -2.04. The van der Waals surface area contributed by atoms with Crippen LogP contribution in [0.5, 0.6) is 5.75 Å². The lowest BCUT2D eigenvalue weighted by molar-refractivity contribution is 0.414. The second-order valence-corrected chi connectivity index (χ2v) is 4.48. The number of benzene rings is 1. The fourth-order valence-electron chi connectivity index (χ4n) is 1.65. The highest BCUT2D eigenvalue weighted by Gasteiger charge is 2.08. The summed E-state index contributed by atoms with van der Waals surface area (Å²) >= 11 is 0. The van der Waals surface area contributed by atoms with E-state index in [-0.39, 0.29) is 11.6 Å². The van der Waals surface area contributed by atoms with Gasteiger partial charge in [-0.15, -0.1) is 0 Å². The maximum atomic E-state index is 11.7. The molecule has 0 radical (unpaired) electrons. The van der Waals surface area contributed by atoms with Crippen LogP contribution in [0.4, 0.5) is 0 Å². The fourth-order valence-corrected chi connectivity index (χ4v) is 1.65. The summed E-state index contributed by atoms with van der Waals surface area (Å²) in [7, 11) is 1.63. The lowest BCUT2D eigenvalue weighted by Gasteiger charge is -2.03. The Balaban J connectivity index is 2.20. The van der Waals surface area contributed by atoms with E-state index in [2.05, 4.69) is 10.1 Å². The third kappa shape index (κ3) is 2.61. The number of methoxy groups -OCH3 is 1. The molecule has 5 heteroatoms. The molecule has 18 heavy (non-hydrogen) atoms.